The van der Waals surface area contributed by atoms with Gasteiger partial charge in [-0.2, -0.15) is 0 Å². The van der Waals surface area contributed by atoms with Crippen LogP contribution in [0.3, 0.4) is 0 Å². The van der Waals surface area contributed by atoms with Crippen LogP contribution in [0.5, 0.6) is 0 Å². The molecule has 4 heteroatoms. The molecule has 1 saturated heterocycles. The lowest BCUT2D eigenvalue weighted by molar-refractivity contribution is 0.113. The van der Waals surface area contributed by atoms with Gasteiger partial charge in [0.15, 0.2) is 0 Å². The number of hydrogen-bond acceptors (Lipinski definition) is 4. The van der Waals surface area contributed by atoms with Crippen molar-refractivity contribution in [2.75, 3.05) is 26.2 Å². The second-order valence-electron chi connectivity index (χ2n) is 7.76. The molecule has 128 valence electrons. The predicted molar refractivity (Wildman–Crippen MR) is 94.5 cm³/mol. The van der Waals surface area contributed by atoms with Crippen LogP contribution in [-0.2, 0) is 13.0 Å². The summed E-state index contributed by atoms with van der Waals surface area (Å²) in [5.41, 5.74) is 2.97. The number of rotatable bonds is 6. The van der Waals surface area contributed by atoms with Gasteiger partial charge in [0, 0.05) is 37.8 Å². The Bertz CT molecular complexity index is 511. The van der Waals surface area contributed by atoms with Gasteiger partial charge >= 0.3 is 0 Å². The molecule has 0 radical (unpaired) electrons. The van der Waals surface area contributed by atoms with Gasteiger partial charge in [0.05, 0.1) is 6.10 Å². The number of nitrogens with one attached hydrogen (secondary N) is 2. The van der Waals surface area contributed by atoms with Crippen molar-refractivity contribution in [2.24, 2.45) is 0 Å². The van der Waals surface area contributed by atoms with Crippen LogP contribution in [0.2, 0.25) is 0 Å². The van der Waals surface area contributed by atoms with Crippen molar-refractivity contribution in [1.29, 1.82) is 0 Å². The molecule has 0 aromatic heterocycles. The van der Waals surface area contributed by atoms with Crippen molar-refractivity contribution >= 4 is 0 Å². The number of fused-ring (bicyclic) bond motifs is 1. The molecule has 0 saturated carbocycles. The molecule has 2 atom stereocenters. The molecular weight excluding hydrogens is 286 g/mol. The van der Waals surface area contributed by atoms with E-state index < -0.39 is 0 Å². The van der Waals surface area contributed by atoms with Gasteiger partial charge in [-0.05, 0) is 50.8 Å². The largest absolute Gasteiger partial charge is 0.390 e. The van der Waals surface area contributed by atoms with Crippen LogP contribution >= 0.6 is 0 Å². The summed E-state index contributed by atoms with van der Waals surface area (Å²) < 4.78 is 0. The Morgan fingerprint density at radius 1 is 1.35 bits per heavy atom. The van der Waals surface area contributed by atoms with Crippen LogP contribution in [0, 0.1) is 0 Å². The van der Waals surface area contributed by atoms with Crippen LogP contribution in [0.1, 0.15) is 37.8 Å². The predicted octanol–water partition coefficient (Wildman–Crippen LogP) is 1.53. The van der Waals surface area contributed by atoms with Crippen molar-refractivity contribution in [1.82, 2.24) is 15.5 Å². The number of β-amino-alcohol motifs (C(OH)–C–C–N with tert-alkyl or cyclic N) is 1. The molecule has 1 fully saturated rings. The number of aliphatic hydroxyl groups excluding tert-OH is 1. The van der Waals surface area contributed by atoms with Gasteiger partial charge in [-0.1, -0.05) is 24.3 Å². The van der Waals surface area contributed by atoms with E-state index in [1.807, 2.05) is 0 Å². The summed E-state index contributed by atoms with van der Waals surface area (Å²) in [6.07, 6.45) is 3.12. The van der Waals surface area contributed by atoms with E-state index in [1.165, 1.54) is 17.5 Å². The zero-order chi connectivity index (χ0) is 16.3. The third kappa shape index (κ3) is 4.54. The fourth-order valence-electron chi connectivity index (χ4n) is 3.87. The number of hydrogen-bond donors (Lipinski definition) is 3. The van der Waals surface area contributed by atoms with Crippen molar-refractivity contribution in [3.05, 3.63) is 35.4 Å². The van der Waals surface area contributed by atoms with E-state index in [1.54, 1.807) is 0 Å². The second kappa shape index (κ2) is 7.31. The molecule has 23 heavy (non-hydrogen) atoms. The van der Waals surface area contributed by atoms with Crippen LogP contribution < -0.4 is 10.6 Å². The quantitative estimate of drug-likeness (QED) is 0.745. The average molecular weight is 317 g/mol. The number of benzene rings is 1. The fourth-order valence-corrected chi connectivity index (χ4v) is 3.87. The number of aliphatic hydroxyl groups is 1. The van der Waals surface area contributed by atoms with Gasteiger partial charge in [0.2, 0.25) is 0 Å². The van der Waals surface area contributed by atoms with Crippen molar-refractivity contribution in [3.63, 3.8) is 0 Å². The Balaban J connectivity index is 1.48. The van der Waals surface area contributed by atoms with E-state index in [2.05, 4.69) is 53.6 Å². The molecular formula is C19H31N3O. The first kappa shape index (κ1) is 16.9. The molecule has 3 N–H and O–H groups in total. The minimum absolute atomic E-state index is 0.00582. The van der Waals surface area contributed by atoms with E-state index in [9.17, 15) is 5.11 Å². The molecule has 2 aliphatic rings. The summed E-state index contributed by atoms with van der Waals surface area (Å²) in [4.78, 5) is 2.52. The topological polar surface area (TPSA) is 47.5 Å². The third-order valence-electron chi connectivity index (χ3n) is 5.18. The lowest BCUT2D eigenvalue weighted by Crippen LogP contribution is -2.54. The van der Waals surface area contributed by atoms with Crippen molar-refractivity contribution in [3.8, 4) is 0 Å². The SMILES string of the molecule is CC(C)(CN1CCc2ccccc2C1)NC[C@@H](O)[C@H]1CCCN1. The Morgan fingerprint density at radius 3 is 2.87 bits per heavy atom. The summed E-state index contributed by atoms with van der Waals surface area (Å²) in [7, 11) is 0. The summed E-state index contributed by atoms with van der Waals surface area (Å²) in [5, 5.41) is 17.3. The van der Waals surface area contributed by atoms with Gasteiger partial charge < -0.3 is 15.7 Å². The molecule has 0 spiro atoms. The zero-order valence-electron chi connectivity index (χ0n) is 14.5. The zero-order valence-corrected chi connectivity index (χ0v) is 14.5. The smallest absolute Gasteiger partial charge is 0.0817 e. The molecule has 1 aromatic carbocycles. The fraction of sp³-hybridized carbons (Fsp3) is 0.684. The summed E-state index contributed by atoms with van der Waals surface area (Å²) in [6, 6.07) is 9.04. The Morgan fingerprint density at radius 2 is 2.13 bits per heavy atom. The Kier molecular flexibility index (Phi) is 5.37. The van der Waals surface area contributed by atoms with Gasteiger partial charge in [-0.25, -0.2) is 0 Å². The van der Waals surface area contributed by atoms with Crippen LogP contribution in [0.25, 0.3) is 0 Å². The van der Waals surface area contributed by atoms with Crippen LogP contribution in [0.4, 0.5) is 0 Å². The summed E-state index contributed by atoms with van der Waals surface area (Å²) in [5.74, 6) is 0. The lowest BCUT2D eigenvalue weighted by Gasteiger charge is -2.37. The van der Waals surface area contributed by atoms with Crippen molar-refractivity contribution in [2.45, 2.75) is 57.3 Å². The molecule has 4 nitrogen and oxygen atoms in total. The van der Waals surface area contributed by atoms with E-state index in [0.29, 0.717) is 6.54 Å². The minimum atomic E-state index is -0.293. The van der Waals surface area contributed by atoms with Gasteiger partial charge in [-0.15, -0.1) is 0 Å². The maximum absolute atomic E-state index is 10.3. The molecule has 2 aliphatic heterocycles. The Hall–Kier alpha value is -0.940. The maximum Gasteiger partial charge on any atom is 0.0817 e. The van der Waals surface area contributed by atoms with Gasteiger partial charge in [0.1, 0.15) is 0 Å². The van der Waals surface area contributed by atoms with Gasteiger partial charge in [-0.3, -0.25) is 4.90 Å². The highest BCUT2D eigenvalue weighted by Gasteiger charge is 2.27. The second-order valence-corrected chi connectivity index (χ2v) is 7.76. The molecule has 0 aliphatic carbocycles. The first-order valence-corrected chi connectivity index (χ1v) is 8.99. The lowest BCUT2D eigenvalue weighted by atomic mass is 9.97. The summed E-state index contributed by atoms with van der Waals surface area (Å²) in [6.45, 7) is 9.34. The van der Waals surface area contributed by atoms with Crippen LogP contribution in [0.15, 0.2) is 24.3 Å². The molecule has 1 aromatic rings. The maximum atomic E-state index is 10.3. The third-order valence-corrected chi connectivity index (χ3v) is 5.18. The standard InChI is InChI=1S/C19H31N3O/c1-19(2,21-12-18(23)17-8-5-10-20-17)14-22-11-9-15-6-3-4-7-16(15)13-22/h3-4,6-7,17-18,20-21,23H,5,8-14H2,1-2H3/t17-,18-/m1/s1. The molecule has 2 heterocycles. The highest BCUT2D eigenvalue weighted by Crippen LogP contribution is 2.20. The van der Waals surface area contributed by atoms with Crippen LogP contribution in [-0.4, -0.2) is 53.9 Å². The normalized spacial score (nSPS) is 23.7. The van der Waals surface area contributed by atoms with E-state index in [0.717, 1.165) is 39.0 Å². The first-order valence-electron chi connectivity index (χ1n) is 8.99. The molecule has 0 unspecified atom stereocenters. The summed E-state index contributed by atoms with van der Waals surface area (Å²) >= 11 is 0. The van der Waals surface area contributed by atoms with E-state index in [-0.39, 0.29) is 17.7 Å². The Labute approximate surface area is 140 Å². The highest BCUT2D eigenvalue weighted by molar-refractivity contribution is 5.29. The van der Waals surface area contributed by atoms with E-state index >= 15 is 0 Å². The van der Waals surface area contributed by atoms with Gasteiger partial charge in [0.25, 0.3) is 0 Å². The average Bonchev–Trinajstić information content (AvgIpc) is 3.07. The highest BCUT2D eigenvalue weighted by atomic mass is 16.3. The monoisotopic (exact) mass is 317 g/mol. The first-order chi connectivity index (χ1) is 11.0. The molecule has 3 rings (SSSR count). The molecule has 0 bridgehead atoms. The molecule has 0 amide bonds. The number of nitrogens with zero attached hydrogens (tertiary/aromatic N) is 1. The van der Waals surface area contributed by atoms with Crippen molar-refractivity contribution < 1.29 is 5.11 Å². The minimum Gasteiger partial charge on any atom is -0.390 e. The van der Waals surface area contributed by atoms with E-state index in [4.69, 9.17) is 0 Å².